The van der Waals surface area contributed by atoms with Crippen LogP contribution in [0.3, 0.4) is 0 Å². The van der Waals surface area contributed by atoms with Gasteiger partial charge in [0, 0.05) is 6.07 Å². The fraction of sp³-hybridized carbons (Fsp3) is 0.118. The molecule has 2 aromatic rings. The molecule has 0 atom stereocenters. The number of phenols is 2. The maximum Gasteiger partial charge on any atom is 0.189 e. The summed E-state index contributed by atoms with van der Waals surface area (Å²) in [5.41, 5.74) is 0.874. The van der Waals surface area contributed by atoms with Gasteiger partial charge < -0.3 is 19.7 Å². The summed E-state index contributed by atoms with van der Waals surface area (Å²) in [7, 11) is 2.93. The fourth-order valence-electron chi connectivity index (χ4n) is 1.91. The normalized spacial score (nSPS) is 10.6. The molecular weight excluding hydrogens is 284 g/mol. The molecule has 0 unspecified atom stereocenters. The molecule has 2 aromatic carbocycles. The van der Waals surface area contributed by atoms with Crippen LogP contribution in [0.15, 0.2) is 42.5 Å². The number of phenolic OH excluding ortho intramolecular Hbond substituents is 2. The van der Waals surface area contributed by atoms with Crippen LogP contribution in [-0.4, -0.2) is 30.2 Å². The third kappa shape index (κ3) is 3.38. The molecule has 0 radical (unpaired) electrons. The molecule has 2 N–H and O–H groups in total. The lowest BCUT2D eigenvalue weighted by atomic mass is 10.1. The number of benzene rings is 2. The molecule has 114 valence electrons. The van der Waals surface area contributed by atoms with Gasteiger partial charge in [-0.25, -0.2) is 0 Å². The van der Waals surface area contributed by atoms with Crippen molar-refractivity contribution < 1.29 is 24.5 Å². The Morgan fingerprint density at radius 2 is 1.77 bits per heavy atom. The molecule has 0 aliphatic carbocycles. The van der Waals surface area contributed by atoms with Gasteiger partial charge in [0.2, 0.25) is 0 Å². The zero-order valence-electron chi connectivity index (χ0n) is 12.2. The van der Waals surface area contributed by atoms with Crippen molar-refractivity contribution in [3.63, 3.8) is 0 Å². The van der Waals surface area contributed by atoms with Crippen molar-refractivity contribution in [2.75, 3.05) is 14.2 Å². The van der Waals surface area contributed by atoms with Crippen molar-refractivity contribution in [1.82, 2.24) is 0 Å². The van der Waals surface area contributed by atoms with Crippen LogP contribution in [0.4, 0.5) is 0 Å². The zero-order chi connectivity index (χ0) is 16.1. The molecule has 0 heterocycles. The van der Waals surface area contributed by atoms with Crippen LogP contribution in [0.1, 0.15) is 15.9 Å². The predicted octanol–water partition coefficient (Wildman–Crippen LogP) is 3.01. The Morgan fingerprint density at radius 1 is 1.00 bits per heavy atom. The maximum absolute atomic E-state index is 12.1. The second-order valence-corrected chi connectivity index (χ2v) is 4.51. The Kier molecular flexibility index (Phi) is 4.68. The van der Waals surface area contributed by atoms with Crippen molar-refractivity contribution in [2.24, 2.45) is 0 Å². The Labute approximate surface area is 128 Å². The minimum atomic E-state index is -0.341. The van der Waals surface area contributed by atoms with E-state index < -0.39 is 0 Å². The first-order valence-electron chi connectivity index (χ1n) is 6.51. The molecule has 0 aromatic heterocycles. The molecule has 0 bridgehead atoms. The van der Waals surface area contributed by atoms with E-state index in [2.05, 4.69) is 0 Å². The second kappa shape index (κ2) is 6.67. The largest absolute Gasteiger partial charge is 0.507 e. The number of rotatable bonds is 5. The molecule has 5 nitrogen and oxygen atoms in total. The van der Waals surface area contributed by atoms with Crippen LogP contribution in [-0.2, 0) is 0 Å². The lowest BCUT2D eigenvalue weighted by Gasteiger charge is -2.05. The molecule has 0 aliphatic rings. The van der Waals surface area contributed by atoms with Gasteiger partial charge in [0.05, 0.1) is 19.8 Å². The van der Waals surface area contributed by atoms with Gasteiger partial charge in [-0.1, -0.05) is 12.1 Å². The summed E-state index contributed by atoms with van der Waals surface area (Å²) in [6.07, 6.45) is 2.92. The minimum Gasteiger partial charge on any atom is -0.507 e. The number of hydrogen-bond donors (Lipinski definition) is 2. The van der Waals surface area contributed by atoms with E-state index in [1.807, 2.05) is 0 Å². The number of allylic oxidation sites excluding steroid dienone is 1. The quantitative estimate of drug-likeness (QED) is 0.655. The van der Waals surface area contributed by atoms with E-state index in [0.717, 1.165) is 0 Å². The van der Waals surface area contributed by atoms with Gasteiger partial charge in [-0.15, -0.1) is 0 Å². The molecule has 0 fully saturated rings. The van der Waals surface area contributed by atoms with Crippen LogP contribution in [0.25, 0.3) is 6.08 Å². The zero-order valence-corrected chi connectivity index (χ0v) is 12.2. The van der Waals surface area contributed by atoms with Crippen molar-refractivity contribution in [3.05, 3.63) is 53.6 Å². The molecule has 0 saturated carbocycles. The summed E-state index contributed by atoms with van der Waals surface area (Å²) >= 11 is 0. The monoisotopic (exact) mass is 300 g/mol. The number of hydrogen-bond acceptors (Lipinski definition) is 5. The Hall–Kier alpha value is -2.95. The number of carbonyl (C=O) groups excluding carboxylic acids is 1. The highest BCUT2D eigenvalue weighted by molar-refractivity contribution is 6.08. The SMILES string of the molecule is COc1ccc(C(=O)C=Cc2ccc(O)c(OC)c2)c(O)c1. The van der Waals surface area contributed by atoms with Crippen LogP contribution in [0.5, 0.6) is 23.0 Å². The van der Waals surface area contributed by atoms with Crippen LogP contribution < -0.4 is 9.47 Å². The molecule has 0 aliphatic heterocycles. The number of carbonyl (C=O) groups is 1. The maximum atomic E-state index is 12.1. The number of aromatic hydroxyl groups is 2. The second-order valence-electron chi connectivity index (χ2n) is 4.51. The van der Waals surface area contributed by atoms with Crippen molar-refractivity contribution in [2.45, 2.75) is 0 Å². The van der Waals surface area contributed by atoms with Crippen molar-refractivity contribution in [1.29, 1.82) is 0 Å². The van der Waals surface area contributed by atoms with Crippen molar-refractivity contribution in [3.8, 4) is 23.0 Å². The molecule has 5 heteroatoms. The van der Waals surface area contributed by atoms with Gasteiger partial charge in [0.15, 0.2) is 17.3 Å². The first kappa shape index (κ1) is 15.4. The fourth-order valence-corrected chi connectivity index (χ4v) is 1.91. The van der Waals surface area contributed by atoms with E-state index in [9.17, 15) is 15.0 Å². The number of methoxy groups -OCH3 is 2. The average Bonchev–Trinajstić information content (AvgIpc) is 2.53. The summed E-state index contributed by atoms with van der Waals surface area (Å²) in [5, 5.41) is 19.3. The first-order valence-corrected chi connectivity index (χ1v) is 6.51. The summed E-state index contributed by atoms with van der Waals surface area (Å²) in [5.74, 6) is 0.339. The molecule has 0 saturated heterocycles. The third-order valence-corrected chi connectivity index (χ3v) is 3.10. The van der Waals surface area contributed by atoms with E-state index in [1.165, 1.54) is 38.5 Å². The third-order valence-electron chi connectivity index (χ3n) is 3.10. The topological polar surface area (TPSA) is 76.0 Å². The average molecular weight is 300 g/mol. The summed E-state index contributed by atoms with van der Waals surface area (Å²) in [6, 6.07) is 9.21. The lowest BCUT2D eigenvalue weighted by Crippen LogP contribution is -1.95. The Balaban J connectivity index is 2.21. The molecule has 0 spiro atoms. The molecule has 0 amide bonds. The lowest BCUT2D eigenvalue weighted by molar-refractivity contribution is 0.104. The highest BCUT2D eigenvalue weighted by Gasteiger charge is 2.09. The van der Waals surface area contributed by atoms with Gasteiger partial charge in [0.1, 0.15) is 11.5 Å². The van der Waals surface area contributed by atoms with Gasteiger partial charge in [-0.2, -0.15) is 0 Å². The molecule has 22 heavy (non-hydrogen) atoms. The molecule has 2 rings (SSSR count). The smallest absolute Gasteiger partial charge is 0.189 e. The van der Waals surface area contributed by atoms with Crippen LogP contribution in [0.2, 0.25) is 0 Å². The van der Waals surface area contributed by atoms with Crippen LogP contribution >= 0.6 is 0 Å². The van der Waals surface area contributed by atoms with Gasteiger partial charge >= 0.3 is 0 Å². The van der Waals surface area contributed by atoms with E-state index in [0.29, 0.717) is 17.1 Å². The first-order chi connectivity index (χ1) is 10.5. The predicted molar refractivity (Wildman–Crippen MR) is 82.7 cm³/mol. The number of ketones is 1. The van der Waals surface area contributed by atoms with Crippen molar-refractivity contribution >= 4 is 11.9 Å². The standard InChI is InChI=1S/C17H16O5/c1-21-12-5-6-13(16(20)10-12)14(18)7-3-11-4-8-15(19)17(9-11)22-2/h3-10,19-20H,1-2H3. The van der Waals surface area contributed by atoms with E-state index in [4.69, 9.17) is 9.47 Å². The summed E-state index contributed by atoms with van der Waals surface area (Å²) in [6.45, 7) is 0. The Bertz CT molecular complexity index is 719. The highest BCUT2D eigenvalue weighted by Crippen LogP contribution is 2.27. The highest BCUT2D eigenvalue weighted by atomic mass is 16.5. The summed E-state index contributed by atoms with van der Waals surface area (Å²) in [4.78, 5) is 12.1. The van der Waals surface area contributed by atoms with E-state index >= 15 is 0 Å². The Morgan fingerprint density at radius 3 is 2.41 bits per heavy atom. The van der Waals surface area contributed by atoms with Gasteiger partial charge in [-0.3, -0.25) is 4.79 Å². The molecular formula is C17H16O5. The number of ether oxygens (including phenoxy) is 2. The minimum absolute atomic E-state index is 0.0266. The van der Waals surface area contributed by atoms with E-state index in [-0.39, 0.29) is 22.8 Å². The van der Waals surface area contributed by atoms with E-state index in [1.54, 1.807) is 24.3 Å². The van der Waals surface area contributed by atoms with Crippen LogP contribution in [0, 0.1) is 0 Å². The van der Waals surface area contributed by atoms with Gasteiger partial charge in [0.25, 0.3) is 0 Å². The van der Waals surface area contributed by atoms with Gasteiger partial charge in [-0.05, 0) is 35.9 Å². The summed E-state index contributed by atoms with van der Waals surface area (Å²) < 4.78 is 9.97.